The fourth-order valence-corrected chi connectivity index (χ4v) is 3.48. The van der Waals surface area contributed by atoms with Crippen LogP contribution in [0.15, 0.2) is 10.5 Å². The summed E-state index contributed by atoms with van der Waals surface area (Å²) in [5, 5.41) is 9.42. The van der Waals surface area contributed by atoms with E-state index in [9.17, 15) is 9.90 Å². The van der Waals surface area contributed by atoms with E-state index in [0.29, 0.717) is 37.6 Å². The summed E-state index contributed by atoms with van der Waals surface area (Å²) in [6.07, 6.45) is 1.36. The van der Waals surface area contributed by atoms with Gasteiger partial charge in [0.05, 0.1) is 5.41 Å². The molecular weight excluding hydrogens is 300 g/mol. The lowest BCUT2D eigenvalue weighted by Gasteiger charge is -2.25. The highest BCUT2D eigenvalue weighted by molar-refractivity contribution is 9.10. The van der Waals surface area contributed by atoms with Gasteiger partial charge >= 0.3 is 5.97 Å². The predicted octanol–water partition coefficient (Wildman–Crippen LogP) is 2.64. The molecule has 3 rings (SSSR count). The van der Waals surface area contributed by atoms with E-state index in [1.54, 1.807) is 0 Å². The molecule has 0 amide bonds. The second-order valence-electron chi connectivity index (χ2n) is 4.77. The largest absolute Gasteiger partial charge is 0.486 e. The highest BCUT2D eigenvalue weighted by atomic mass is 79.9. The van der Waals surface area contributed by atoms with Crippen LogP contribution in [-0.4, -0.2) is 24.3 Å². The average Bonchev–Trinajstić information content (AvgIpc) is 3.10. The summed E-state index contributed by atoms with van der Waals surface area (Å²) in [5.74, 6) is 0.616. The number of hydrogen-bond acceptors (Lipinski definition) is 3. The highest BCUT2D eigenvalue weighted by Crippen LogP contribution is 2.55. The monoisotopic (exact) mass is 312 g/mol. The molecule has 1 heterocycles. The van der Waals surface area contributed by atoms with Crippen LogP contribution in [0.1, 0.15) is 24.0 Å². The summed E-state index contributed by atoms with van der Waals surface area (Å²) in [7, 11) is 0. The maximum atomic E-state index is 11.5. The number of carbonyl (C=O) groups is 1. The Morgan fingerprint density at radius 3 is 2.67 bits per heavy atom. The molecule has 0 bridgehead atoms. The summed E-state index contributed by atoms with van der Waals surface area (Å²) in [4.78, 5) is 11.5. The average molecular weight is 313 g/mol. The third kappa shape index (κ3) is 1.53. The minimum Gasteiger partial charge on any atom is -0.486 e. The van der Waals surface area contributed by atoms with Crippen molar-refractivity contribution in [2.75, 3.05) is 13.2 Å². The molecule has 1 N–H and O–H groups in total. The quantitative estimate of drug-likeness (QED) is 0.912. The smallest absolute Gasteiger partial charge is 0.314 e. The van der Waals surface area contributed by atoms with Crippen molar-refractivity contribution in [3.63, 3.8) is 0 Å². The standard InChI is InChI=1S/C13H13BrO4/c1-7-10(13(2-3-13)12(15)16)8(14)6-9-11(7)18-5-4-17-9/h6H,2-5H2,1H3,(H,15,16). The Kier molecular flexibility index (Phi) is 2.55. The highest BCUT2D eigenvalue weighted by Gasteiger charge is 2.54. The van der Waals surface area contributed by atoms with Crippen molar-refractivity contribution in [3.05, 3.63) is 21.7 Å². The Bertz CT molecular complexity index is 534. The van der Waals surface area contributed by atoms with Crippen molar-refractivity contribution >= 4 is 21.9 Å². The zero-order chi connectivity index (χ0) is 12.9. The number of fused-ring (bicyclic) bond motifs is 1. The fraction of sp³-hybridized carbons (Fsp3) is 0.462. The summed E-state index contributed by atoms with van der Waals surface area (Å²) in [6.45, 7) is 2.94. The molecule has 1 aliphatic heterocycles. The molecular formula is C13H13BrO4. The van der Waals surface area contributed by atoms with E-state index in [0.717, 1.165) is 15.6 Å². The van der Waals surface area contributed by atoms with E-state index >= 15 is 0 Å². The van der Waals surface area contributed by atoms with Gasteiger partial charge in [0.2, 0.25) is 0 Å². The number of aliphatic carboxylic acids is 1. The second kappa shape index (κ2) is 3.88. The number of hydrogen-bond donors (Lipinski definition) is 1. The van der Waals surface area contributed by atoms with Crippen LogP contribution in [-0.2, 0) is 10.2 Å². The van der Waals surface area contributed by atoms with Crippen molar-refractivity contribution in [1.29, 1.82) is 0 Å². The molecule has 5 heteroatoms. The van der Waals surface area contributed by atoms with Crippen molar-refractivity contribution in [1.82, 2.24) is 0 Å². The molecule has 0 spiro atoms. The summed E-state index contributed by atoms with van der Waals surface area (Å²) in [5.41, 5.74) is 0.969. The van der Waals surface area contributed by atoms with Crippen molar-refractivity contribution in [3.8, 4) is 11.5 Å². The molecule has 4 nitrogen and oxygen atoms in total. The van der Waals surface area contributed by atoms with E-state index in [2.05, 4.69) is 15.9 Å². The number of carboxylic acid groups (broad SMARTS) is 1. The van der Waals surface area contributed by atoms with Crippen LogP contribution in [0.2, 0.25) is 0 Å². The molecule has 1 aliphatic carbocycles. The van der Waals surface area contributed by atoms with Gasteiger partial charge in [-0.05, 0) is 31.4 Å². The minimum absolute atomic E-state index is 0.509. The SMILES string of the molecule is Cc1c2c(cc(Br)c1C1(C(=O)O)CC1)OCCO2. The van der Waals surface area contributed by atoms with E-state index in [4.69, 9.17) is 9.47 Å². The van der Waals surface area contributed by atoms with Crippen LogP contribution in [0.4, 0.5) is 0 Å². The molecule has 2 aliphatic rings. The first-order valence-corrected chi connectivity index (χ1v) is 6.68. The lowest BCUT2D eigenvalue weighted by atomic mass is 9.91. The molecule has 1 aromatic rings. The molecule has 0 atom stereocenters. The fourth-order valence-electron chi connectivity index (χ4n) is 2.60. The summed E-state index contributed by atoms with van der Waals surface area (Å²) < 4.78 is 11.9. The molecule has 0 saturated heterocycles. The van der Waals surface area contributed by atoms with Gasteiger partial charge in [0, 0.05) is 10.0 Å². The van der Waals surface area contributed by atoms with Gasteiger partial charge in [-0.1, -0.05) is 15.9 Å². The second-order valence-corrected chi connectivity index (χ2v) is 5.62. The van der Waals surface area contributed by atoms with Crippen LogP contribution in [0.25, 0.3) is 0 Å². The van der Waals surface area contributed by atoms with Crippen LogP contribution in [0.5, 0.6) is 11.5 Å². The van der Waals surface area contributed by atoms with Gasteiger partial charge in [-0.3, -0.25) is 4.79 Å². The Morgan fingerprint density at radius 2 is 2.06 bits per heavy atom. The third-order valence-electron chi connectivity index (χ3n) is 3.66. The van der Waals surface area contributed by atoms with Gasteiger partial charge in [-0.15, -0.1) is 0 Å². The molecule has 18 heavy (non-hydrogen) atoms. The maximum Gasteiger partial charge on any atom is 0.314 e. The van der Waals surface area contributed by atoms with Gasteiger partial charge < -0.3 is 14.6 Å². The Balaban J connectivity index is 2.19. The molecule has 1 saturated carbocycles. The number of halogens is 1. The normalized spacial score (nSPS) is 19.4. The number of ether oxygens (including phenoxy) is 2. The van der Waals surface area contributed by atoms with Crippen LogP contribution in [0.3, 0.4) is 0 Å². The Labute approximate surface area is 113 Å². The van der Waals surface area contributed by atoms with Crippen molar-refractivity contribution in [2.24, 2.45) is 0 Å². The van der Waals surface area contributed by atoms with Gasteiger partial charge in [0.15, 0.2) is 11.5 Å². The summed E-state index contributed by atoms with van der Waals surface area (Å²) >= 11 is 3.47. The first-order valence-electron chi connectivity index (χ1n) is 5.89. The van der Waals surface area contributed by atoms with Gasteiger partial charge in [0.25, 0.3) is 0 Å². The van der Waals surface area contributed by atoms with Gasteiger partial charge in [-0.25, -0.2) is 0 Å². The van der Waals surface area contributed by atoms with E-state index in [1.165, 1.54) is 0 Å². The number of benzene rings is 1. The van der Waals surface area contributed by atoms with Crippen LogP contribution >= 0.6 is 15.9 Å². The lowest BCUT2D eigenvalue weighted by Crippen LogP contribution is -2.23. The molecule has 0 aromatic heterocycles. The predicted molar refractivity (Wildman–Crippen MR) is 68.4 cm³/mol. The molecule has 96 valence electrons. The van der Waals surface area contributed by atoms with E-state index in [-0.39, 0.29) is 0 Å². The Morgan fingerprint density at radius 1 is 1.39 bits per heavy atom. The van der Waals surface area contributed by atoms with Crippen LogP contribution in [0, 0.1) is 6.92 Å². The Hall–Kier alpha value is -1.23. The first-order chi connectivity index (χ1) is 8.56. The third-order valence-corrected chi connectivity index (χ3v) is 4.29. The number of carboxylic acids is 1. The lowest BCUT2D eigenvalue weighted by molar-refractivity contribution is -0.140. The van der Waals surface area contributed by atoms with Gasteiger partial charge in [0.1, 0.15) is 13.2 Å². The molecule has 1 aromatic carbocycles. The van der Waals surface area contributed by atoms with E-state index < -0.39 is 11.4 Å². The molecule has 0 unspecified atom stereocenters. The minimum atomic E-state index is -0.761. The van der Waals surface area contributed by atoms with E-state index in [1.807, 2.05) is 13.0 Å². The molecule has 1 fully saturated rings. The van der Waals surface area contributed by atoms with Crippen molar-refractivity contribution < 1.29 is 19.4 Å². The number of rotatable bonds is 2. The first kappa shape index (κ1) is 11.8. The zero-order valence-electron chi connectivity index (χ0n) is 9.96. The van der Waals surface area contributed by atoms with Gasteiger partial charge in [-0.2, -0.15) is 0 Å². The topological polar surface area (TPSA) is 55.8 Å². The van der Waals surface area contributed by atoms with Crippen molar-refractivity contribution in [2.45, 2.75) is 25.2 Å². The van der Waals surface area contributed by atoms with Crippen LogP contribution < -0.4 is 9.47 Å². The molecule has 0 radical (unpaired) electrons. The summed E-state index contributed by atoms with van der Waals surface area (Å²) in [6, 6.07) is 1.82. The zero-order valence-corrected chi connectivity index (χ0v) is 11.5. The maximum absolute atomic E-state index is 11.5.